The molecular formula is C48H95N2+. The van der Waals surface area contributed by atoms with Gasteiger partial charge in [-0.1, -0.05) is 239 Å². The summed E-state index contributed by atoms with van der Waals surface area (Å²) in [4.78, 5) is 0. The van der Waals surface area contributed by atoms with E-state index in [4.69, 9.17) is 0 Å². The van der Waals surface area contributed by atoms with Gasteiger partial charge in [0.2, 0.25) is 0 Å². The number of unbranched alkanes of at least 4 members (excludes halogenated alkanes) is 36. The molecule has 0 aromatic carbocycles. The number of aromatic nitrogens is 2. The molecule has 0 spiro atoms. The van der Waals surface area contributed by atoms with Crippen molar-refractivity contribution in [2.45, 2.75) is 291 Å². The van der Waals surface area contributed by atoms with E-state index in [0.717, 1.165) is 0 Å². The standard InChI is InChI=1S/C48H95N2/c1-4-7-10-13-16-19-21-23-25-26-27-29-31-33-36-39-42-45-50-47-46-49(48(50)43-40-37-34-18-15-12-9-6-3)44-41-38-35-32-30-28-24-22-20-17-14-11-8-5-2/h46-47H,4-45H2,1-3H3/q+1. The highest BCUT2D eigenvalue weighted by Gasteiger charge is 2.16. The van der Waals surface area contributed by atoms with E-state index < -0.39 is 0 Å². The lowest BCUT2D eigenvalue weighted by atomic mass is 10.0. The van der Waals surface area contributed by atoms with Gasteiger partial charge in [0.15, 0.2) is 0 Å². The highest BCUT2D eigenvalue weighted by Crippen LogP contribution is 2.16. The first-order valence-electron chi connectivity index (χ1n) is 23.9. The molecule has 0 aliphatic rings. The molecule has 1 rings (SSSR count). The van der Waals surface area contributed by atoms with Crippen molar-refractivity contribution in [3.63, 3.8) is 0 Å². The van der Waals surface area contributed by atoms with Gasteiger partial charge in [-0.3, -0.25) is 0 Å². The van der Waals surface area contributed by atoms with Gasteiger partial charge in [-0.2, -0.15) is 0 Å². The van der Waals surface area contributed by atoms with Crippen molar-refractivity contribution in [1.82, 2.24) is 4.57 Å². The molecule has 1 aromatic heterocycles. The number of hydrogen-bond donors (Lipinski definition) is 0. The van der Waals surface area contributed by atoms with Gasteiger partial charge in [-0.25, -0.2) is 9.13 Å². The van der Waals surface area contributed by atoms with Crippen LogP contribution in [-0.2, 0) is 19.5 Å². The largest absolute Gasteiger partial charge is 0.256 e. The molecule has 1 heterocycles. The Morgan fingerprint density at radius 2 is 0.620 bits per heavy atom. The van der Waals surface area contributed by atoms with Crippen LogP contribution in [0.25, 0.3) is 0 Å². The molecule has 296 valence electrons. The molecule has 1 aromatic rings. The summed E-state index contributed by atoms with van der Waals surface area (Å²) in [5.74, 6) is 1.63. The minimum atomic E-state index is 1.23. The van der Waals surface area contributed by atoms with Crippen LogP contribution in [0.2, 0.25) is 0 Å². The SMILES string of the molecule is CCCCCCCCCCCCCCCCCCC[n+]1ccn(CCCCCCCCCCCCCCCC)c1CCCCCCCCCC. The molecule has 0 aliphatic carbocycles. The topological polar surface area (TPSA) is 8.81 Å². The van der Waals surface area contributed by atoms with E-state index >= 15 is 0 Å². The first kappa shape index (κ1) is 47.2. The van der Waals surface area contributed by atoms with E-state index in [-0.39, 0.29) is 0 Å². The van der Waals surface area contributed by atoms with Crippen LogP contribution in [0.5, 0.6) is 0 Å². The average molecular weight is 700 g/mol. The van der Waals surface area contributed by atoms with Gasteiger partial charge in [-0.15, -0.1) is 0 Å². The number of rotatable bonds is 42. The van der Waals surface area contributed by atoms with E-state index in [9.17, 15) is 0 Å². The van der Waals surface area contributed by atoms with Crippen LogP contribution in [0.4, 0.5) is 0 Å². The van der Waals surface area contributed by atoms with Crippen molar-refractivity contribution in [1.29, 1.82) is 0 Å². The molecular weight excluding hydrogens is 605 g/mol. The summed E-state index contributed by atoms with van der Waals surface area (Å²) in [5.41, 5.74) is 0. The molecule has 0 radical (unpaired) electrons. The number of imidazole rings is 1. The van der Waals surface area contributed by atoms with Gasteiger partial charge < -0.3 is 0 Å². The first-order chi connectivity index (χ1) is 24.8. The normalized spacial score (nSPS) is 11.7. The Hall–Kier alpha value is -0.790. The molecule has 0 aliphatic heterocycles. The highest BCUT2D eigenvalue weighted by molar-refractivity contribution is 4.84. The van der Waals surface area contributed by atoms with Gasteiger partial charge in [-0.05, 0) is 32.1 Å². The third-order valence-electron chi connectivity index (χ3n) is 11.6. The summed E-state index contributed by atoms with van der Waals surface area (Å²) in [5, 5.41) is 0. The maximum absolute atomic E-state index is 2.65. The van der Waals surface area contributed by atoms with Crippen LogP contribution in [-0.4, -0.2) is 4.57 Å². The molecule has 50 heavy (non-hydrogen) atoms. The fourth-order valence-corrected chi connectivity index (χ4v) is 8.09. The smallest absolute Gasteiger partial charge is 0.234 e. The average Bonchev–Trinajstić information content (AvgIpc) is 3.51. The fourth-order valence-electron chi connectivity index (χ4n) is 8.09. The van der Waals surface area contributed by atoms with E-state index in [2.05, 4.69) is 42.3 Å². The zero-order valence-electron chi connectivity index (χ0n) is 35.2. The lowest BCUT2D eigenvalue weighted by molar-refractivity contribution is -0.704. The Morgan fingerprint density at radius 1 is 0.340 bits per heavy atom. The Morgan fingerprint density at radius 3 is 0.960 bits per heavy atom. The zero-order valence-corrected chi connectivity index (χ0v) is 35.2. The van der Waals surface area contributed by atoms with Crippen molar-refractivity contribution in [2.24, 2.45) is 0 Å². The molecule has 0 unspecified atom stereocenters. The third kappa shape index (κ3) is 30.8. The second-order valence-corrected chi connectivity index (χ2v) is 16.6. The maximum atomic E-state index is 2.65. The zero-order chi connectivity index (χ0) is 35.8. The Bertz CT molecular complexity index is 766. The second-order valence-electron chi connectivity index (χ2n) is 16.6. The quantitative estimate of drug-likeness (QED) is 0.0474. The molecule has 0 saturated heterocycles. The molecule has 0 amide bonds. The fraction of sp³-hybridized carbons (Fsp3) is 0.938. The van der Waals surface area contributed by atoms with Gasteiger partial charge in [0, 0.05) is 6.42 Å². The van der Waals surface area contributed by atoms with E-state index in [1.54, 1.807) is 5.82 Å². The summed E-state index contributed by atoms with van der Waals surface area (Å²) in [6, 6.07) is 0. The molecule has 0 saturated carbocycles. The van der Waals surface area contributed by atoms with Crippen molar-refractivity contribution < 1.29 is 4.57 Å². The van der Waals surface area contributed by atoms with Crippen LogP contribution in [0.15, 0.2) is 12.4 Å². The first-order valence-corrected chi connectivity index (χ1v) is 23.9. The summed E-state index contributed by atoms with van der Waals surface area (Å²) < 4.78 is 5.30. The van der Waals surface area contributed by atoms with Crippen LogP contribution in [0.1, 0.15) is 277 Å². The highest BCUT2D eigenvalue weighted by atomic mass is 15.1. The summed E-state index contributed by atoms with van der Waals surface area (Å²) in [7, 11) is 0. The van der Waals surface area contributed by atoms with Crippen LogP contribution in [0, 0.1) is 0 Å². The molecule has 0 atom stereocenters. The Labute approximate surface area is 317 Å². The van der Waals surface area contributed by atoms with E-state index in [1.165, 1.54) is 270 Å². The monoisotopic (exact) mass is 700 g/mol. The predicted octanol–water partition coefficient (Wildman–Crippen LogP) is 16.6. The summed E-state index contributed by atoms with van der Waals surface area (Å²) >= 11 is 0. The molecule has 2 nitrogen and oxygen atoms in total. The van der Waals surface area contributed by atoms with Crippen molar-refractivity contribution in [2.75, 3.05) is 0 Å². The summed E-state index contributed by atoms with van der Waals surface area (Å²) in [6.07, 6.45) is 62.3. The molecule has 0 bridgehead atoms. The van der Waals surface area contributed by atoms with Crippen molar-refractivity contribution in [3.8, 4) is 0 Å². The van der Waals surface area contributed by atoms with E-state index in [1.807, 2.05) is 0 Å². The van der Waals surface area contributed by atoms with E-state index in [0.29, 0.717) is 0 Å². The van der Waals surface area contributed by atoms with Gasteiger partial charge in [0.1, 0.15) is 12.4 Å². The number of nitrogens with zero attached hydrogens (tertiary/aromatic N) is 2. The van der Waals surface area contributed by atoms with Gasteiger partial charge >= 0.3 is 0 Å². The molecule has 0 N–H and O–H groups in total. The van der Waals surface area contributed by atoms with Crippen molar-refractivity contribution in [3.05, 3.63) is 18.2 Å². The minimum absolute atomic E-state index is 1.23. The lowest BCUT2D eigenvalue weighted by Crippen LogP contribution is -2.37. The maximum Gasteiger partial charge on any atom is 0.256 e. The van der Waals surface area contributed by atoms with Crippen LogP contribution in [0.3, 0.4) is 0 Å². The van der Waals surface area contributed by atoms with Gasteiger partial charge in [0.25, 0.3) is 5.82 Å². The number of aryl methyl sites for hydroxylation is 2. The second kappa shape index (κ2) is 39.4. The lowest BCUT2D eigenvalue weighted by Gasteiger charge is -2.07. The van der Waals surface area contributed by atoms with Crippen molar-refractivity contribution >= 4 is 0 Å². The molecule has 0 fully saturated rings. The van der Waals surface area contributed by atoms with Crippen LogP contribution < -0.4 is 4.57 Å². The predicted molar refractivity (Wildman–Crippen MR) is 225 cm³/mol. The Balaban J connectivity index is 2.20. The Kier molecular flexibility index (Phi) is 37.2. The molecule has 2 heteroatoms. The minimum Gasteiger partial charge on any atom is -0.234 e. The number of hydrogen-bond acceptors (Lipinski definition) is 0. The third-order valence-corrected chi connectivity index (χ3v) is 11.6. The van der Waals surface area contributed by atoms with Crippen LogP contribution >= 0.6 is 0 Å². The summed E-state index contributed by atoms with van der Waals surface area (Å²) in [6.45, 7) is 9.42. The van der Waals surface area contributed by atoms with Gasteiger partial charge in [0.05, 0.1) is 13.1 Å².